The highest BCUT2D eigenvalue weighted by molar-refractivity contribution is 7.10. The van der Waals surface area contributed by atoms with Crippen LogP contribution in [0, 0.1) is 0 Å². The van der Waals surface area contributed by atoms with E-state index < -0.39 is 0 Å². The Labute approximate surface area is 128 Å². The first kappa shape index (κ1) is 14.2. The molecule has 1 saturated heterocycles. The standard InChI is InChI=1S/C16H18N2O2S/c19-15(13-3-1-7-17-11-13)18-12-16(5-8-20-9-6-16)14-4-2-10-21-14/h1-4,7,10-11H,5-6,8-9,12H2,(H,18,19). The molecule has 5 heteroatoms. The molecular formula is C16H18N2O2S. The molecule has 0 saturated carbocycles. The van der Waals surface area contributed by atoms with Crippen molar-refractivity contribution in [3.8, 4) is 0 Å². The van der Waals surface area contributed by atoms with Gasteiger partial charge in [-0.2, -0.15) is 0 Å². The molecule has 0 aromatic carbocycles. The molecule has 0 radical (unpaired) electrons. The van der Waals surface area contributed by atoms with E-state index >= 15 is 0 Å². The molecule has 0 spiro atoms. The summed E-state index contributed by atoms with van der Waals surface area (Å²) in [5.41, 5.74) is 0.607. The van der Waals surface area contributed by atoms with Crippen LogP contribution < -0.4 is 5.32 Å². The third kappa shape index (κ3) is 3.14. The average Bonchev–Trinajstić information content (AvgIpc) is 3.09. The summed E-state index contributed by atoms with van der Waals surface area (Å²) in [5.74, 6) is -0.0643. The average molecular weight is 302 g/mol. The summed E-state index contributed by atoms with van der Waals surface area (Å²) < 4.78 is 5.50. The summed E-state index contributed by atoms with van der Waals surface area (Å²) in [4.78, 5) is 17.5. The molecule has 4 nitrogen and oxygen atoms in total. The predicted octanol–water partition coefficient (Wildman–Crippen LogP) is 2.62. The summed E-state index contributed by atoms with van der Waals surface area (Å²) >= 11 is 1.76. The molecule has 1 amide bonds. The van der Waals surface area contributed by atoms with Crippen LogP contribution in [0.25, 0.3) is 0 Å². The van der Waals surface area contributed by atoms with Crippen LogP contribution in [0.1, 0.15) is 28.1 Å². The Morgan fingerprint density at radius 3 is 2.86 bits per heavy atom. The van der Waals surface area contributed by atoms with Crippen molar-refractivity contribution < 1.29 is 9.53 Å². The molecule has 2 aromatic rings. The van der Waals surface area contributed by atoms with Gasteiger partial charge in [0, 0.05) is 42.4 Å². The minimum absolute atomic E-state index is 0.00425. The predicted molar refractivity (Wildman–Crippen MR) is 82.6 cm³/mol. The monoisotopic (exact) mass is 302 g/mol. The first-order valence-corrected chi connectivity index (χ1v) is 7.98. The Bertz CT molecular complexity index is 578. The molecule has 1 N–H and O–H groups in total. The van der Waals surface area contributed by atoms with Crippen LogP contribution in [0.5, 0.6) is 0 Å². The minimum atomic E-state index is -0.0643. The summed E-state index contributed by atoms with van der Waals surface area (Å²) in [6, 6.07) is 7.79. The summed E-state index contributed by atoms with van der Waals surface area (Å²) in [6.07, 6.45) is 5.15. The molecule has 0 atom stereocenters. The van der Waals surface area contributed by atoms with Crippen molar-refractivity contribution in [1.29, 1.82) is 0 Å². The molecule has 3 heterocycles. The second-order valence-corrected chi connectivity index (χ2v) is 6.24. The van der Waals surface area contributed by atoms with Crippen molar-refractivity contribution in [3.63, 3.8) is 0 Å². The fourth-order valence-electron chi connectivity index (χ4n) is 2.70. The third-order valence-electron chi connectivity index (χ3n) is 4.00. The minimum Gasteiger partial charge on any atom is -0.381 e. The molecule has 3 rings (SSSR count). The fourth-order valence-corrected chi connectivity index (χ4v) is 3.69. The first-order chi connectivity index (χ1) is 10.3. The van der Waals surface area contributed by atoms with Gasteiger partial charge in [0.25, 0.3) is 5.91 Å². The first-order valence-electron chi connectivity index (χ1n) is 7.10. The van der Waals surface area contributed by atoms with E-state index in [-0.39, 0.29) is 11.3 Å². The highest BCUT2D eigenvalue weighted by atomic mass is 32.1. The highest BCUT2D eigenvalue weighted by Gasteiger charge is 2.35. The van der Waals surface area contributed by atoms with Gasteiger partial charge in [0.2, 0.25) is 0 Å². The van der Waals surface area contributed by atoms with Crippen molar-refractivity contribution in [3.05, 3.63) is 52.5 Å². The molecule has 1 aliphatic heterocycles. The van der Waals surface area contributed by atoms with Gasteiger partial charge in [0.1, 0.15) is 0 Å². The largest absolute Gasteiger partial charge is 0.381 e. The van der Waals surface area contributed by atoms with Gasteiger partial charge < -0.3 is 10.1 Å². The molecule has 0 aliphatic carbocycles. The van der Waals surface area contributed by atoms with E-state index in [4.69, 9.17) is 4.74 Å². The van der Waals surface area contributed by atoms with E-state index in [1.54, 1.807) is 35.9 Å². The lowest BCUT2D eigenvalue weighted by atomic mass is 9.78. The molecular weight excluding hydrogens is 284 g/mol. The summed E-state index contributed by atoms with van der Waals surface area (Å²) in [5, 5.41) is 5.16. The number of nitrogens with zero attached hydrogens (tertiary/aromatic N) is 1. The van der Waals surface area contributed by atoms with Crippen LogP contribution in [-0.4, -0.2) is 30.6 Å². The topological polar surface area (TPSA) is 51.2 Å². The number of ether oxygens (including phenoxy) is 1. The molecule has 0 unspecified atom stereocenters. The normalized spacial score (nSPS) is 17.3. The molecule has 2 aromatic heterocycles. The second-order valence-electron chi connectivity index (χ2n) is 5.29. The number of amides is 1. The number of pyridine rings is 1. The maximum atomic E-state index is 12.2. The maximum Gasteiger partial charge on any atom is 0.252 e. The van der Waals surface area contributed by atoms with Crippen molar-refractivity contribution in [2.75, 3.05) is 19.8 Å². The third-order valence-corrected chi connectivity index (χ3v) is 5.12. The van der Waals surface area contributed by atoms with E-state index in [9.17, 15) is 4.79 Å². The van der Waals surface area contributed by atoms with Crippen molar-refractivity contribution in [2.45, 2.75) is 18.3 Å². The lowest BCUT2D eigenvalue weighted by molar-refractivity contribution is 0.0499. The molecule has 21 heavy (non-hydrogen) atoms. The van der Waals surface area contributed by atoms with E-state index in [1.165, 1.54) is 4.88 Å². The number of aromatic nitrogens is 1. The van der Waals surface area contributed by atoms with Gasteiger partial charge in [-0.25, -0.2) is 0 Å². The SMILES string of the molecule is O=C(NCC1(c2cccs2)CCOCC1)c1cccnc1. The number of rotatable bonds is 4. The second kappa shape index (κ2) is 6.37. The van der Waals surface area contributed by atoms with Crippen LogP contribution in [0.3, 0.4) is 0 Å². The zero-order valence-corrected chi connectivity index (χ0v) is 12.6. The molecule has 1 fully saturated rings. The van der Waals surface area contributed by atoms with Crippen LogP contribution in [0.15, 0.2) is 42.0 Å². The van der Waals surface area contributed by atoms with Gasteiger partial charge >= 0.3 is 0 Å². The van der Waals surface area contributed by atoms with Gasteiger partial charge in [-0.1, -0.05) is 6.07 Å². The molecule has 1 aliphatic rings. The number of hydrogen-bond acceptors (Lipinski definition) is 4. The van der Waals surface area contributed by atoms with Crippen molar-refractivity contribution >= 4 is 17.2 Å². The fraction of sp³-hybridized carbons (Fsp3) is 0.375. The Morgan fingerprint density at radius 2 is 2.19 bits per heavy atom. The van der Waals surface area contributed by atoms with E-state index in [0.29, 0.717) is 12.1 Å². The van der Waals surface area contributed by atoms with E-state index in [2.05, 4.69) is 27.8 Å². The highest BCUT2D eigenvalue weighted by Crippen LogP contribution is 2.36. The van der Waals surface area contributed by atoms with Gasteiger partial charge in [-0.05, 0) is 36.4 Å². The Hall–Kier alpha value is -1.72. The Kier molecular flexibility index (Phi) is 4.31. The lowest BCUT2D eigenvalue weighted by Gasteiger charge is -2.36. The lowest BCUT2D eigenvalue weighted by Crippen LogP contribution is -2.44. The van der Waals surface area contributed by atoms with Gasteiger partial charge in [0.15, 0.2) is 0 Å². The zero-order chi connectivity index (χ0) is 14.5. The molecule has 110 valence electrons. The summed E-state index contributed by atoms with van der Waals surface area (Å²) in [6.45, 7) is 2.14. The smallest absolute Gasteiger partial charge is 0.252 e. The number of carbonyl (C=O) groups excluding carboxylic acids is 1. The number of thiophene rings is 1. The number of hydrogen-bond donors (Lipinski definition) is 1. The maximum absolute atomic E-state index is 12.2. The van der Waals surface area contributed by atoms with Crippen LogP contribution >= 0.6 is 11.3 Å². The van der Waals surface area contributed by atoms with E-state index in [0.717, 1.165) is 26.1 Å². The van der Waals surface area contributed by atoms with Gasteiger partial charge in [0.05, 0.1) is 5.56 Å². The van der Waals surface area contributed by atoms with Crippen LogP contribution in [0.4, 0.5) is 0 Å². The van der Waals surface area contributed by atoms with Gasteiger partial charge in [-0.15, -0.1) is 11.3 Å². The Morgan fingerprint density at radius 1 is 1.33 bits per heavy atom. The number of carbonyl (C=O) groups is 1. The Balaban J connectivity index is 1.72. The molecule has 0 bridgehead atoms. The van der Waals surface area contributed by atoms with Crippen LogP contribution in [-0.2, 0) is 10.2 Å². The number of nitrogens with one attached hydrogen (secondary N) is 1. The van der Waals surface area contributed by atoms with Gasteiger partial charge in [-0.3, -0.25) is 9.78 Å². The van der Waals surface area contributed by atoms with E-state index in [1.807, 2.05) is 0 Å². The van der Waals surface area contributed by atoms with Crippen LogP contribution in [0.2, 0.25) is 0 Å². The quantitative estimate of drug-likeness (QED) is 0.944. The summed E-state index contributed by atoms with van der Waals surface area (Å²) in [7, 11) is 0. The van der Waals surface area contributed by atoms with Crippen molar-refractivity contribution in [2.24, 2.45) is 0 Å². The van der Waals surface area contributed by atoms with Crippen molar-refractivity contribution in [1.82, 2.24) is 10.3 Å². The zero-order valence-electron chi connectivity index (χ0n) is 11.7.